The maximum atomic E-state index is 13.3. The molecule has 0 saturated carbocycles. The molecule has 1 aliphatic carbocycles. The molecule has 5 nitrogen and oxygen atoms in total. The van der Waals surface area contributed by atoms with Crippen molar-refractivity contribution in [1.82, 2.24) is 10.3 Å². The first-order valence-electron chi connectivity index (χ1n) is 11.4. The van der Waals surface area contributed by atoms with Crippen LogP contribution < -0.4 is 16.0 Å². The molecule has 33 heavy (non-hydrogen) atoms. The number of hydrogen-bond acceptors (Lipinski definition) is 5. The topological polar surface area (TPSA) is 61.3 Å². The summed E-state index contributed by atoms with van der Waals surface area (Å²) in [5.74, 6) is 0.609. The second-order valence-corrected chi connectivity index (χ2v) is 8.34. The van der Waals surface area contributed by atoms with Crippen molar-refractivity contribution in [3.63, 3.8) is 0 Å². The van der Waals surface area contributed by atoms with Crippen molar-refractivity contribution in [2.75, 3.05) is 31.3 Å². The molecule has 6 heteroatoms. The van der Waals surface area contributed by atoms with Crippen LogP contribution in [-0.4, -0.2) is 36.9 Å². The van der Waals surface area contributed by atoms with Gasteiger partial charge in [-0.25, -0.2) is 9.37 Å². The number of aryl methyl sites for hydroxylation is 1. The number of aliphatic imine (C=N–C) groups is 1. The first kappa shape index (κ1) is 24.4. The van der Waals surface area contributed by atoms with E-state index in [1.165, 1.54) is 17.7 Å². The third-order valence-electron chi connectivity index (χ3n) is 5.80. The van der Waals surface area contributed by atoms with Crippen molar-refractivity contribution in [1.29, 1.82) is 0 Å². The number of anilines is 2. The molecule has 3 rings (SSSR count). The van der Waals surface area contributed by atoms with Gasteiger partial charge in [0.15, 0.2) is 0 Å². The Morgan fingerprint density at radius 2 is 2.03 bits per heavy atom. The lowest BCUT2D eigenvalue weighted by molar-refractivity contribution is 0.531. The van der Waals surface area contributed by atoms with E-state index in [2.05, 4.69) is 57.1 Å². The second kappa shape index (κ2) is 11.6. The first-order chi connectivity index (χ1) is 16.0. The molecule has 0 radical (unpaired) electrons. The summed E-state index contributed by atoms with van der Waals surface area (Å²) in [6.45, 7) is 4.93. The SMILES string of the molecule is C/C=C\C(CC1(Nc2cc(C)ccn2)CC=C(Nc2ccc(F)cc2)C=C1CCNC)=NC. The van der Waals surface area contributed by atoms with Crippen molar-refractivity contribution in [2.45, 2.75) is 38.6 Å². The number of hydrogen-bond donors (Lipinski definition) is 3. The Kier molecular flexibility index (Phi) is 8.55. The highest BCUT2D eigenvalue weighted by Gasteiger charge is 2.36. The molecule has 1 aromatic heterocycles. The van der Waals surface area contributed by atoms with Crippen molar-refractivity contribution in [3.05, 3.63) is 89.5 Å². The van der Waals surface area contributed by atoms with Crippen LogP contribution >= 0.6 is 0 Å². The monoisotopic (exact) mass is 447 g/mol. The summed E-state index contributed by atoms with van der Waals surface area (Å²) in [5.41, 5.74) is 4.95. The summed E-state index contributed by atoms with van der Waals surface area (Å²) in [7, 11) is 3.80. The predicted molar refractivity (Wildman–Crippen MR) is 137 cm³/mol. The van der Waals surface area contributed by atoms with Crippen molar-refractivity contribution in [3.8, 4) is 0 Å². The van der Waals surface area contributed by atoms with Crippen LogP contribution in [0.15, 0.2) is 83.2 Å². The molecule has 174 valence electrons. The van der Waals surface area contributed by atoms with E-state index in [9.17, 15) is 4.39 Å². The highest BCUT2D eigenvalue weighted by molar-refractivity contribution is 5.96. The number of nitrogens with one attached hydrogen (secondary N) is 3. The lowest BCUT2D eigenvalue weighted by Crippen LogP contribution is -2.44. The van der Waals surface area contributed by atoms with E-state index in [0.29, 0.717) is 0 Å². The first-order valence-corrected chi connectivity index (χ1v) is 11.4. The van der Waals surface area contributed by atoms with Crippen molar-refractivity contribution < 1.29 is 4.39 Å². The van der Waals surface area contributed by atoms with Gasteiger partial charge in [0.1, 0.15) is 11.6 Å². The fourth-order valence-electron chi connectivity index (χ4n) is 4.08. The van der Waals surface area contributed by atoms with Crippen LogP contribution in [0.3, 0.4) is 0 Å². The number of benzene rings is 1. The van der Waals surface area contributed by atoms with Gasteiger partial charge in [0, 0.05) is 36.8 Å². The molecule has 1 heterocycles. The number of pyridine rings is 1. The van der Waals surface area contributed by atoms with E-state index < -0.39 is 0 Å². The van der Waals surface area contributed by atoms with Crippen molar-refractivity contribution in [2.24, 2.45) is 4.99 Å². The summed E-state index contributed by atoms with van der Waals surface area (Å²) in [5, 5.41) is 10.5. The van der Waals surface area contributed by atoms with Crippen LogP contribution in [0.2, 0.25) is 0 Å². The second-order valence-electron chi connectivity index (χ2n) is 8.34. The van der Waals surface area contributed by atoms with E-state index in [4.69, 9.17) is 0 Å². The maximum Gasteiger partial charge on any atom is 0.126 e. The normalized spacial score (nSPS) is 18.8. The fourth-order valence-corrected chi connectivity index (χ4v) is 4.08. The minimum atomic E-state index is -0.361. The van der Waals surface area contributed by atoms with Gasteiger partial charge in [0.25, 0.3) is 0 Å². The van der Waals surface area contributed by atoms with Crippen LogP contribution in [-0.2, 0) is 0 Å². The van der Waals surface area contributed by atoms with E-state index in [1.807, 2.05) is 39.4 Å². The largest absolute Gasteiger partial charge is 0.360 e. The van der Waals surface area contributed by atoms with Crippen LogP contribution in [0.1, 0.15) is 31.7 Å². The van der Waals surface area contributed by atoms with Crippen LogP contribution in [0, 0.1) is 12.7 Å². The summed E-state index contributed by atoms with van der Waals surface area (Å²) >= 11 is 0. The third-order valence-corrected chi connectivity index (χ3v) is 5.80. The van der Waals surface area contributed by atoms with Crippen LogP contribution in [0.4, 0.5) is 15.9 Å². The molecule has 0 spiro atoms. The molecule has 0 saturated heterocycles. The molecule has 0 amide bonds. The van der Waals surface area contributed by atoms with E-state index in [1.54, 1.807) is 12.1 Å². The molecule has 1 aromatic carbocycles. The van der Waals surface area contributed by atoms with Crippen LogP contribution in [0.25, 0.3) is 0 Å². The Morgan fingerprint density at radius 1 is 1.24 bits per heavy atom. The number of aromatic nitrogens is 1. The van der Waals surface area contributed by atoms with E-state index >= 15 is 0 Å². The molecule has 3 N–H and O–H groups in total. The molecule has 1 aliphatic rings. The fraction of sp³-hybridized carbons (Fsp3) is 0.333. The van der Waals surface area contributed by atoms with Gasteiger partial charge in [-0.15, -0.1) is 0 Å². The summed E-state index contributed by atoms with van der Waals surface area (Å²) in [4.78, 5) is 9.12. The molecule has 0 aliphatic heterocycles. The Morgan fingerprint density at radius 3 is 2.70 bits per heavy atom. The van der Waals surface area contributed by atoms with E-state index in [0.717, 1.165) is 54.3 Å². The van der Waals surface area contributed by atoms with Crippen LogP contribution in [0.5, 0.6) is 0 Å². The van der Waals surface area contributed by atoms with Gasteiger partial charge in [0.05, 0.1) is 5.54 Å². The zero-order chi connectivity index (χ0) is 23.7. The number of allylic oxidation sites excluding steroid dienone is 3. The number of rotatable bonds is 10. The average Bonchev–Trinajstić information content (AvgIpc) is 2.80. The zero-order valence-corrected chi connectivity index (χ0v) is 20.0. The summed E-state index contributed by atoms with van der Waals surface area (Å²) in [6.07, 6.45) is 12.7. The van der Waals surface area contributed by atoms with E-state index in [-0.39, 0.29) is 11.4 Å². The average molecular weight is 448 g/mol. The minimum absolute atomic E-state index is 0.243. The van der Waals surface area contributed by atoms with Gasteiger partial charge >= 0.3 is 0 Å². The van der Waals surface area contributed by atoms with Gasteiger partial charge in [0.2, 0.25) is 0 Å². The summed E-state index contributed by atoms with van der Waals surface area (Å²) in [6, 6.07) is 10.5. The molecule has 0 bridgehead atoms. The summed E-state index contributed by atoms with van der Waals surface area (Å²) < 4.78 is 13.3. The lowest BCUT2D eigenvalue weighted by atomic mass is 9.76. The molecule has 1 unspecified atom stereocenters. The highest BCUT2D eigenvalue weighted by Crippen LogP contribution is 2.37. The standard InChI is InChI=1S/C27H34FN5/c1-5-6-25(30-4)19-27(33-26-17-20(2)12-16-31-26)14-11-24(18-21(27)13-15-29-3)32-23-9-7-22(28)8-10-23/h5-12,16-18,29,32H,13-15,19H2,1-4H3,(H,31,33)/b6-5-,30-25?. The lowest BCUT2D eigenvalue weighted by Gasteiger charge is -2.40. The maximum absolute atomic E-state index is 13.3. The minimum Gasteiger partial charge on any atom is -0.360 e. The van der Waals surface area contributed by atoms with Gasteiger partial charge in [-0.05, 0) is 100.0 Å². The number of halogens is 1. The Labute approximate surface area is 196 Å². The molecule has 1 atom stereocenters. The quantitative estimate of drug-likeness (QED) is 0.412. The Balaban J connectivity index is 1.98. The van der Waals surface area contributed by atoms with Crippen molar-refractivity contribution >= 4 is 17.2 Å². The number of nitrogens with zero attached hydrogens (tertiary/aromatic N) is 2. The molecular formula is C27H34FN5. The highest BCUT2D eigenvalue weighted by atomic mass is 19.1. The molecule has 0 fully saturated rings. The predicted octanol–water partition coefficient (Wildman–Crippen LogP) is 5.65. The zero-order valence-electron chi connectivity index (χ0n) is 20.0. The Bertz CT molecular complexity index is 1050. The van der Waals surface area contributed by atoms with Gasteiger partial charge < -0.3 is 16.0 Å². The molecular weight excluding hydrogens is 413 g/mol. The van der Waals surface area contributed by atoms with Gasteiger partial charge in [-0.1, -0.05) is 12.2 Å². The molecule has 2 aromatic rings. The third kappa shape index (κ3) is 6.62. The van der Waals surface area contributed by atoms with Gasteiger partial charge in [-0.2, -0.15) is 0 Å². The Hall–Kier alpha value is -3.25. The smallest absolute Gasteiger partial charge is 0.126 e. The van der Waals surface area contributed by atoms with Gasteiger partial charge in [-0.3, -0.25) is 4.99 Å².